The lowest BCUT2D eigenvalue weighted by Gasteiger charge is -2.03. The molecule has 0 saturated heterocycles. The second kappa shape index (κ2) is 4.04. The van der Waals surface area contributed by atoms with E-state index in [1.54, 1.807) is 0 Å². The van der Waals surface area contributed by atoms with E-state index in [1.807, 2.05) is 24.3 Å². The first-order valence-electron chi connectivity index (χ1n) is 4.29. The van der Waals surface area contributed by atoms with Crippen molar-refractivity contribution in [2.24, 2.45) is 0 Å². The van der Waals surface area contributed by atoms with Crippen LogP contribution in [0.4, 0.5) is 0 Å². The van der Waals surface area contributed by atoms with Crippen molar-refractivity contribution in [1.29, 1.82) is 0 Å². The molecule has 0 radical (unpaired) electrons. The van der Waals surface area contributed by atoms with Gasteiger partial charge < -0.3 is 0 Å². The SMILES string of the molecule is C[Si](C)(C)C#Cc1cccc(S)c1. The lowest BCUT2D eigenvalue weighted by molar-refractivity contribution is 1.45. The third-order valence-corrected chi connectivity index (χ3v) is 2.58. The molecule has 0 aliphatic carbocycles. The number of benzene rings is 1. The molecular formula is C11H14SSi. The van der Waals surface area contributed by atoms with Gasteiger partial charge in [-0.05, 0) is 18.2 Å². The van der Waals surface area contributed by atoms with Crippen LogP contribution in [0.2, 0.25) is 19.6 Å². The molecule has 1 aromatic carbocycles. The van der Waals surface area contributed by atoms with E-state index in [0.717, 1.165) is 10.5 Å². The van der Waals surface area contributed by atoms with Crippen LogP contribution < -0.4 is 0 Å². The van der Waals surface area contributed by atoms with Crippen LogP contribution >= 0.6 is 12.6 Å². The van der Waals surface area contributed by atoms with Crippen LogP contribution in [0.15, 0.2) is 29.2 Å². The summed E-state index contributed by atoms with van der Waals surface area (Å²) in [6.45, 7) is 6.72. The normalized spacial score (nSPS) is 10.5. The average molecular weight is 206 g/mol. The van der Waals surface area contributed by atoms with Gasteiger partial charge in [-0.3, -0.25) is 0 Å². The van der Waals surface area contributed by atoms with E-state index in [-0.39, 0.29) is 0 Å². The highest BCUT2D eigenvalue weighted by atomic mass is 32.1. The fourth-order valence-electron chi connectivity index (χ4n) is 0.843. The molecule has 0 N–H and O–H groups in total. The van der Waals surface area contributed by atoms with E-state index in [9.17, 15) is 0 Å². The minimum atomic E-state index is -1.24. The van der Waals surface area contributed by atoms with Crippen molar-refractivity contribution >= 4 is 20.7 Å². The quantitative estimate of drug-likeness (QED) is 0.376. The third kappa shape index (κ3) is 4.21. The maximum atomic E-state index is 4.26. The predicted octanol–water partition coefficient (Wildman–Crippen LogP) is 3.20. The van der Waals surface area contributed by atoms with Crippen molar-refractivity contribution in [1.82, 2.24) is 0 Å². The molecule has 0 atom stereocenters. The topological polar surface area (TPSA) is 0 Å². The second-order valence-electron chi connectivity index (χ2n) is 4.05. The molecule has 0 bridgehead atoms. The summed E-state index contributed by atoms with van der Waals surface area (Å²) < 4.78 is 0. The van der Waals surface area contributed by atoms with Crippen molar-refractivity contribution in [2.45, 2.75) is 24.5 Å². The van der Waals surface area contributed by atoms with E-state index in [0.29, 0.717) is 0 Å². The summed E-state index contributed by atoms with van der Waals surface area (Å²) in [5.74, 6) is 3.19. The van der Waals surface area contributed by atoms with Gasteiger partial charge in [0.05, 0.1) is 0 Å². The van der Waals surface area contributed by atoms with Gasteiger partial charge in [0.1, 0.15) is 8.07 Å². The summed E-state index contributed by atoms with van der Waals surface area (Å²) in [5.41, 5.74) is 4.39. The maximum absolute atomic E-state index is 4.26. The summed E-state index contributed by atoms with van der Waals surface area (Å²) >= 11 is 4.26. The molecule has 1 aromatic rings. The smallest absolute Gasteiger partial charge is 0.129 e. The Labute approximate surface area is 86.8 Å². The van der Waals surface area contributed by atoms with Gasteiger partial charge in [-0.15, -0.1) is 18.2 Å². The van der Waals surface area contributed by atoms with E-state index in [4.69, 9.17) is 0 Å². The Morgan fingerprint density at radius 3 is 2.46 bits per heavy atom. The van der Waals surface area contributed by atoms with Gasteiger partial charge in [0.15, 0.2) is 0 Å². The van der Waals surface area contributed by atoms with Crippen LogP contribution in [0.5, 0.6) is 0 Å². The molecule has 0 aliphatic heterocycles. The van der Waals surface area contributed by atoms with Crippen molar-refractivity contribution < 1.29 is 0 Å². The Morgan fingerprint density at radius 2 is 1.92 bits per heavy atom. The highest BCUT2D eigenvalue weighted by Gasteiger charge is 2.07. The second-order valence-corrected chi connectivity index (χ2v) is 9.32. The maximum Gasteiger partial charge on any atom is 0.129 e. The first-order chi connectivity index (χ1) is 5.97. The van der Waals surface area contributed by atoms with Gasteiger partial charge in [0.25, 0.3) is 0 Å². The molecular weight excluding hydrogens is 192 g/mol. The van der Waals surface area contributed by atoms with Crippen molar-refractivity contribution in [3.8, 4) is 11.5 Å². The Bertz CT molecular complexity index is 352. The third-order valence-electron chi connectivity index (χ3n) is 1.43. The highest BCUT2D eigenvalue weighted by molar-refractivity contribution is 7.80. The monoisotopic (exact) mass is 206 g/mol. The largest absolute Gasteiger partial charge is 0.143 e. The fraction of sp³-hybridized carbons (Fsp3) is 0.273. The minimum absolute atomic E-state index is 0.974. The molecule has 0 saturated carbocycles. The summed E-state index contributed by atoms with van der Waals surface area (Å²) in [6.07, 6.45) is 0. The first-order valence-corrected chi connectivity index (χ1v) is 8.24. The number of hydrogen-bond acceptors (Lipinski definition) is 1. The molecule has 0 nitrogen and oxygen atoms in total. The zero-order valence-corrected chi connectivity index (χ0v) is 10.2. The standard InChI is InChI=1S/C11H14SSi/c1-13(2,3)8-7-10-5-4-6-11(12)9-10/h4-6,9,12H,1-3H3. The van der Waals surface area contributed by atoms with Crippen LogP contribution in [-0.4, -0.2) is 8.07 Å². The van der Waals surface area contributed by atoms with Crippen LogP contribution in [0.1, 0.15) is 5.56 Å². The van der Waals surface area contributed by atoms with Crippen molar-refractivity contribution in [2.75, 3.05) is 0 Å². The van der Waals surface area contributed by atoms with E-state index < -0.39 is 8.07 Å². The van der Waals surface area contributed by atoms with E-state index in [1.165, 1.54) is 0 Å². The summed E-state index contributed by atoms with van der Waals surface area (Å²) in [7, 11) is -1.24. The number of rotatable bonds is 0. The zero-order chi connectivity index (χ0) is 9.90. The summed E-state index contributed by atoms with van der Waals surface area (Å²) in [5, 5.41) is 0. The molecule has 1 rings (SSSR count). The average Bonchev–Trinajstić information content (AvgIpc) is 2.00. The molecule has 0 aliphatic rings. The molecule has 0 unspecified atom stereocenters. The molecule has 0 spiro atoms. The van der Waals surface area contributed by atoms with Gasteiger partial charge >= 0.3 is 0 Å². The molecule has 2 heteroatoms. The van der Waals surface area contributed by atoms with Gasteiger partial charge in [0.2, 0.25) is 0 Å². The Balaban J connectivity index is 2.90. The molecule has 0 fully saturated rings. The minimum Gasteiger partial charge on any atom is -0.143 e. The van der Waals surface area contributed by atoms with E-state index >= 15 is 0 Å². The van der Waals surface area contributed by atoms with Crippen LogP contribution in [0.3, 0.4) is 0 Å². The van der Waals surface area contributed by atoms with Gasteiger partial charge in [-0.1, -0.05) is 31.6 Å². The molecule has 0 amide bonds. The molecule has 68 valence electrons. The lowest BCUT2D eigenvalue weighted by atomic mass is 10.2. The lowest BCUT2D eigenvalue weighted by Crippen LogP contribution is -2.16. The van der Waals surface area contributed by atoms with Gasteiger partial charge in [-0.2, -0.15) is 0 Å². The van der Waals surface area contributed by atoms with Crippen LogP contribution in [0.25, 0.3) is 0 Å². The molecule has 13 heavy (non-hydrogen) atoms. The van der Waals surface area contributed by atoms with Crippen LogP contribution in [0, 0.1) is 11.5 Å². The van der Waals surface area contributed by atoms with Crippen molar-refractivity contribution in [3.05, 3.63) is 29.8 Å². The Hall–Kier alpha value is -0.653. The van der Waals surface area contributed by atoms with Gasteiger partial charge in [-0.25, -0.2) is 0 Å². The molecule has 0 heterocycles. The summed E-state index contributed by atoms with van der Waals surface area (Å²) in [6, 6.07) is 7.96. The highest BCUT2D eigenvalue weighted by Crippen LogP contribution is 2.08. The van der Waals surface area contributed by atoms with E-state index in [2.05, 4.69) is 43.7 Å². The van der Waals surface area contributed by atoms with Crippen LogP contribution in [-0.2, 0) is 0 Å². The Kier molecular flexibility index (Phi) is 3.24. The first kappa shape index (κ1) is 10.4. The van der Waals surface area contributed by atoms with Gasteiger partial charge in [0, 0.05) is 10.5 Å². The fourth-order valence-corrected chi connectivity index (χ4v) is 1.59. The Morgan fingerprint density at radius 1 is 1.23 bits per heavy atom. The zero-order valence-electron chi connectivity index (χ0n) is 8.26. The number of hydrogen-bond donors (Lipinski definition) is 1. The predicted molar refractivity (Wildman–Crippen MR) is 63.9 cm³/mol. The number of thiol groups is 1. The molecule has 0 aromatic heterocycles. The summed E-state index contributed by atoms with van der Waals surface area (Å²) in [4.78, 5) is 0.974. The van der Waals surface area contributed by atoms with Crippen molar-refractivity contribution in [3.63, 3.8) is 0 Å².